The minimum absolute atomic E-state index is 1.42. The SMILES string of the molecule is O=[N+]([O-])O.c1ccc([PH]([Cu][PH](c2ccccc2)(c2ccccc2)c2ccccc2)(c2ccccc2)c2ccccc2)cc1. The van der Waals surface area contributed by atoms with Gasteiger partial charge >= 0.3 is 240 Å². The zero-order valence-electron chi connectivity index (χ0n) is 23.3. The number of hydrogen-bond acceptors (Lipinski definition) is 2. The summed E-state index contributed by atoms with van der Waals surface area (Å²) in [5.74, 6) is -5.28. The van der Waals surface area contributed by atoms with Crippen molar-refractivity contribution in [3.63, 3.8) is 0 Å². The van der Waals surface area contributed by atoms with Crippen LogP contribution in [0.15, 0.2) is 182 Å². The summed E-state index contributed by atoms with van der Waals surface area (Å²) in [5, 5.41) is 22.2. The van der Waals surface area contributed by atoms with Crippen molar-refractivity contribution in [1.29, 1.82) is 0 Å². The zero-order chi connectivity index (χ0) is 30.0. The Morgan fingerprint density at radius 1 is 0.395 bits per heavy atom. The quantitative estimate of drug-likeness (QED) is 0.0949. The van der Waals surface area contributed by atoms with Crippen LogP contribution in [0.2, 0.25) is 0 Å². The standard InChI is InChI=1S/2C18H15P.Cu.HNO3/c2*1-4-10-16(11-5-1)19(17-12-6-2-7-13-17)18-14-8-3-9-15-18;;2-1(3)4/h2*1-15H;;(H,2,3,4)/q;;-2;/p+2. The van der Waals surface area contributed by atoms with Crippen LogP contribution in [0.25, 0.3) is 0 Å². The monoisotopic (exact) mass is 652 g/mol. The molecule has 221 valence electrons. The van der Waals surface area contributed by atoms with Gasteiger partial charge in [0.05, 0.1) is 0 Å². The van der Waals surface area contributed by atoms with E-state index in [0.29, 0.717) is 0 Å². The van der Waals surface area contributed by atoms with Gasteiger partial charge in [0, 0.05) is 0 Å². The van der Waals surface area contributed by atoms with E-state index in [9.17, 15) is 0 Å². The van der Waals surface area contributed by atoms with Crippen LogP contribution in [0.3, 0.4) is 0 Å². The molecular weight excluding hydrogens is 620 g/mol. The summed E-state index contributed by atoms with van der Waals surface area (Å²) in [7, 11) is 0. The van der Waals surface area contributed by atoms with E-state index in [1.807, 2.05) is 0 Å². The molecule has 0 fully saturated rings. The Kier molecular flexibility index (Phi) is 10.2. The molecule has 6 rings (SSSR count). The Bertz CT molecular complexity index is 1390. The van der Waals surface area contributed by atoms with Gasteiger partial charge in [0.25, 0.3) is 5.09 Å². The molecule has 1 N–H and O–H groups in total. The first-order valence-electron chi connectivity index (χ1n) is 13.8. The molecule has 0 aromatic heterocycles. The van der Waals surface area contributed by atoms with Crippen LogP contribution in [-0.4, -0.2) is 10.3 Å². The molecule has 0 radical (unpaired) electrons. The van der Waals surface area contributed by atoms with Gasteiger partial charge in [-0.15, -0.1) is 10.1 Å². The van der Waals surface area contributed by atoms with Crippen molar-refractivity contribution >= 4 is 43.7 Å². The third-order valence-electron chi connectivity index (χ3n) is 7.12. The fraction of sp³-hybridized carbons (Fsp3) is 0. The maximum absolute atomic E-state index is 8.36. The molecule has 0 bridgehead atoms. The van der Waals surface area contributed by atoms with Gasteiger partial charge in [-0.25, -0.2) is 0 Å². The van der Waals surface area contributed by atoms with Crippen LogP contribution in [0.5, 0.6) is 0 Å². The summed E-state index contributed by atoms with van der Waals surface area (Å²) in [5.41, 5.74) is 0. The molecule has 6 aromatic rings. The van der Waals surface area contributed by atoms with E-state index in [1.54, 1.807) is 0 Å². The first-order valence-corrected chi connectivity index (χ1v) is 20.3. The second-order valence-corrected chi connectivity index (χ2v) is 22.5. The fourth-order valence-electron chi connectivity index (χ4n) is 5.36. The van der Waals surface area contributed by atoms with E-state index in [2.05, 4.69) is 196 Å². The third-order valence-corrected chi connectivity index (χ3v) is 26.7. The number of nitrogens with zero attached hydrogens (tertiary/aromatic N) is 1. The fourth-order valence-corrected chi connectivity index (χ4v) is 29.5. The van der Waals surface area contributed by atoms with E-state index in [0.717, 1.165) is 0 Å². The summed E-state index contributed by atoms with van der Waals surface area (Å²) in [4.78, 5) is 8.36. The number of rotatable bonds is 8. The van der Waals surface area contributed by atoms with E-state index < -0.39 is 17.0 Å². The average Bonchev–Trinajstić information content (AvgIpc) is 3.08. The van der Waals surface area contributed by atoms with Gasteiger partial charge < -0.3 is 5.21 Å². The van der Waals surface area contributed by atoms with Crippen molar-refractivity contribution < 1.29 is 24.4 Å². The molecule has 0 unspecified atom stereocenters. The molecule has 0 aliphatic carbocycles. The van der Waals surface area contributed by atoms with Crippen LogP contribution in [0, 0.1) is 10.1 Å². The van der Waals surface area contributed by atoms with Crippen molar-refractivity contribution in [1.82, 2.24) is 0 Å². The number of benzene rings is 6. The molecule has 0 amide bonds. The van der Waals surface area contributed by atoms with Crippen molar-refractivity contribution in [3.8, 4) is 0 Å². The first kappa shape index (κ1) is 30.4. The van der Waals surface area contributed by atoms with Gasteiger partial charge in [0.1, 0.15) is 0 Å². The molecule has 0 aliphatic rings. The Labute approximate surface area is 259 Å². The van der Waals surface area contributed by atoms with Gasteiger partial charge in [0.15, 0.2) is 0 Å². The Balaban J connectivity index is 0.000000868. The van der Waals surface area contributed by atoms with Crippen molar-refractivity contribution in [3.05, 3.63) is 192 Å². The van der Waals surface area contributed by atoms with Crippen LogP contribution in [0.4, 0.5) is 0 Å². The van der Waals surface area contributed by atoms with Gasteiger partial charge in [-0.05, 0) is 0 Å². The normalized spacial score (nSPS) is 12.0. The predicted octanol–water partition coefficient (Wildman–Crippen LogP) is 6.00. The molecule has 43 heavy (non-hydrogen) atoms. The van der Waals surface area contributed by atoms with E-state index in [1.165, 1.54) is 31.8 Å². The molecule has 0 aliphatic heterocycles. The third kappa shape index (κ3) is 6.62. The molecule has 0 heterocycles. The summed E-state index contributed by atoms with van der Waals surface area (Å²) >= 11 is 2.43. The molecule has 4 nitrogen and oxygen atoms in total. The van der Waals surface area contributed by atoms with Gasteiger partial charge in [-0.3, -0.25) is 0 Å². The van der Waals surface area contributed by atoms with Crippen LogP contribution in [-0.2, 0) is 14.1 Å². The summed E-state index contributed by atoms with van der Waals surface area (Å²) in [6.45, 7) is 0. The van der Waals surface area contributed by atoms with Crippen LogP contribution in [0.1, 0.15) is 0 Å². The van der Waals surface area contributed by atoms with Crippen molar-refractivity contribution in [2.24, 2.45) is 0 Å². The number of hydrogen-bond donors (Lipinski definition) is 1. The molecular formula is C36H33CuNO3P2. The maximum atomic E-state index is 8.36. The van der Waals surface area contributed by atoms with E-state index in [-0.39, 0.29) is 0 Å². The zero-order valence-corrected chi connectivity index (χ0v) is 26.3. The second-order valence-electron chi connectivity index (χ2n) is 9.71. The van der Waals surface area contributed by atoms with Crippen LogP contribution >= 0.6 is 11.9 Å². The summed E-state index contributed by atoms with van der Waals surface area (Å²) < 4.78 is 0. The van der Waals surface area contributed by atoms with Gasteiger partial charge in [-0.2, -0.15) is 0 Å². The summed E-state index contributed by atoms with van der Waals surface area (Å²) in [6, 6.07) is 67.6. The topological polar surface area (TPSA) is 63.4 Å². The Morgan fingerprint density at radius 3 is 0.674 bits per heavy atom. The Hall–Kier alpha value is -4.10. The molecule has 0 saturated heterocycles. The minimum atomic E-state index is -2.64. The first-order chi connectivity index (χ1) is 21.1. The summed E-state index contributed by atoms with van der Waals surface area (Å²) in [6.07, 6.45) is 0. The van der Waals surface area contributed by atoms with Crippen LogP contribution < -0.4 is 31.8 Å². The molecule has 6 aromatic carbocycles. The molecule has 0 saturated carbocycles. The molecule has 7 heteroatoms. The van der Waals surface area contributed by atoms with E-state index in [4.69, 9.17) is 15.3 Å². The Morgan fingerprint density at radius 2 is 0.535 bits per heavy atom. The predicted molar refractivity (Wildman–Crippen MR) is 182 cm³/mol. The molecule has 0 atom stereocenters. The van der Waals surface area contributed by atoms with Crippen molar-refractivity contribution in [2.45, 2.75) is 0 Å². The van der Waals surface area contributed by atoms with Gasteiger partial charge in [0.2, 0.25) is 0 Å². The second kappa shape index (κ2) is 14.4. The van der Waals surface area contributed by atoms with Gasteiger partial charge in [-0.1, -0.05) is 0 Å². The van der Waals surface area contributed by atoms with Crippen molar-refractivity contribution in [2.75, 3.05) is 0 Å². The average molecular weight is 653 g/mol. The van der Waals surface area contributed by atoms with E-state index >= 15 is 0 Å². The molecule has 0 spiro atoms.